The van der Waals surface area contributed by atoms with E-state index in [-0.39, 0.29) is 31.7 Å². The number of ether oxygens (including phenoxy) is 2. The Morgan fingerprint density at radius 1 is 1.02 bits per heavy atom. The van der Waals surface area contributed by atoms with Gasteiger partial charge in [-0.25, -0.2) is 4.79 Å². The average Bonchev–Trinajstić information content (AvgIpc) is 3.35. The van der Waals surface area contributed by atoms with E-state index < -0.39 is 60.1 Å². The van der Waals surface area contributed by atoms with Crippen LogP contribution in [-0.4, -0.2) is 63.8 Å². The molecule has 3 fully saturated rings. The molecule has 2 saturated carbocycles. The first-order valence-electron chi connectivity index (χ1n) is 17.5. The fraction of sp³-hybridized carbons (Fsp3) is 0.462. The number of nitrogens with zero attached hydrogens (tertiary/aromatic N) is 1. The normalized spacial score (nSPS) is 25.4. The minimum Gasteiger partial charge on any atom is -0.488 e. The fourth-order valence-corrected chi connectivity index (χ4v) is 9.81. The molecular weight excluding hydrogens is 653 g/mol. The molecular formula is C39H48N3O7P. The molecule has 6 rings (SSSR count). The van der Waals surface area contributed by atoms with Crippen molar-refractivity contribution in [2.45, 2.75) is 95.0 Å². The molecule has 266 valence electrons. The van der Waals surface area contributed by atoms with Crippen molar-refractivity contribution in [2.75, 3.05) is 6.54 Å². The summed E-state index contributed by atoms with van der Waals surface area (Å²) in [7, 11) is -4.00. The monoisotopic (exact) mass is 701 g/mol. The predicted molar refractivity (Wildman–Crippen MR) is 193 cm³/mol. The number of carbonyl (C=O) groups excluding carboxylic acids is 3. The van der Waals surface area contributed by atoms with E-state index in [4.69, 9.17) is 9.47 Å². The Kier molecular flexibility index (Phi) is 10.2. The van der Waals surface area contributed by atoms with Gasteiger partial charge in [0.2, 0.25) is 19.2 Å². The maximum atomic E-state index is 14.5. The number of alkyl carbamates (subject to hydrolysis) is 1. The first kappa shape index (κ1) is 35.7. The van der Waals surface area contributed by atoms with E-state index in [1.54, 1.807) is 30.3 Å². The summed E-state index contributed by atoms with van der Waals surface area (Å²) in [5, 5.41) is 6.25. The Hall–Kier alpha value is -4.14. The molecule has 0 radical (unpaired) electrons. The van der Waals surface area contributed by atoms with Crippen LogP contribution in [0.5, 0.6) is 5.75 Å². The Bertz CT molecular complexity index is 1780. The van der Waals surface area contributed by atoms with Crippen molar-refractivity contribution < 1.29 is 33.3 Å². The van der Waals surface area contributed by atoms with Crippen LogP contribution in [0.4, 0.5) is 4.79 Å². The van der Waals surface area contributed by atoms with Crippen molar-refractivity contribution in [2.24, 2.45) is 11.3 Å². The molecule has 3 aromatic rings. The lowest BCUT2D eigenvalue weighted by Crippen LogP contribution is -2.58. The lowest BCUT2D eigenvalue weighted by atomic mass is 9.85. The van der Waals surface area contributed by atoms with Gasteiger partial charge >= 0.3 is 6.09 Å². The second-order valence-electron chi connectivity index (χ2n) is 15.0. The van der Waals surface area contributed by atoms with Crippen LogP contribution in [0.25, 0.3) is 10.8 Å². The SMILES string of the molecule is C=C[C@@H]1C[C@]1(NC(=O)[C@@H]1C[C@@H](Oc2cccc3ccccc23)CN1C(=O)[C@@H](NC(=O)OC1CCCC1)C(C)(C)C)P(=O)(O)Cc1ccccc1. The van der Waals surface area contributed by atoms with Crippen molar-refractivity contribution in [3.05, 3.63) is 91.0 Å². The summed E-state index contributed by atoms with van der Waals surface area (Å²) in [6, 6.07) is 20.5. The molecule has 0 spiro atoms. The summed E-state index contributed by atoms with van der Waals surface area (Å²) in [6.45, 7) is 9.48. The van der Waals surface area contributed by atoms with E-state index in [1.807, 2.05) is 69.3 Å². The van der Waals surface area contributed by atoms with E-state index in [9.17, 15) is 23.8 Å². The molecule has 50 heavy (non-hydrogen) atoms. The van der Waals surface area contributed by atoms with Gasteiger partial charge in [-0.3, -0.25) is 14.2 Å². The molecule has 1 heterocycles. The highest BCUT2D eigenvalue weighted by molar-refractivity contribution is 7.59. The zero-order valence-corrected chi connectivity index (χ0v) is 29.9. The first-order valence-corrected chi connectivity index (χ1v) is 19.4. The number of carbonyl (C=O) groups is 3. The number of likely N-dealkylation sites (tertiary alicyclic amines) is 1. The minimum absolute atomic E-state index is 0.0742. The Balaban J connectivity index is 1.28. The minimum atomic E-state index is -4.00. The highest BCUT2D eigenvalue weighted by Crippen LogP contribution is 2.70. The Morgan fingerprint density at radius 3 is 2.38 bits per heavy atom. The predicted octanol–water partition coefficient (Wildman–Crippen LogP) is 6.76. The second-order valence-corrected chi connectivity index (χ2v) is 17.5. The van der Waals surface area contributed by atoms with Gasteiger partial charge in [0.15, 0.2) is 0 Å². The summed E-state index contributed by atoms with van der Waals surface area (Å²) in [5.74, 6) is -0.782. The quantitative estimate of drug-likeness (QED) is 0.149. The molecule has 6 atom stereocenters. The van der Waals surface area contributed by atoms with Gasteiger partial charge in [-0.15, -0.1) is 6.58 Å². The molecule has 1 unspecified atom stereocenters. The van der Waals surface area contributed by atoms with Crippen LogP contribution in [0.1, 0.15) is 64.9 Å². The van der Waals surface area contributed by atoms with Crippen LogP contribution >= 0.6 is 7.37 Å². The van der Waals surface area contributed by atoms with Crippen molar-refractivity contribution in [3.8, 4) is 5.75 Å². The van der Waals surface area contributed by atoms with Gasteiger partial charge in [0.05, 0.1) is 12.7 Å². The number of rotatable bonds is 11. The maximum Gasteiger partial charge on any atom is 0.408 e. The van der Waals surface area contributed by atoms with Crippen LogP contribution in [0, 0.1) is 11.3 Å². The third-order valence-corrected chi connectivity index (χ3v) is 13.0. The van der Waals surface area contributed by atoms with E-state index in [0.29, 0.717) is 11.3 Å². The zero-order chi connectivity index (χ0) is 35.7. The number of nitrogens with one attached hydrogen (secondary N) is 2. The smallest absolute Gasteiger partial charge is 0.408 e. The molecule has 3 amide bonds. The van der Waals surface area contributed by atoms with Gasteiger partial charge in [0.25, 0.3) is 0 Å². The zero-order valence-electron chi connectivity index (χ0n) is 29.0. The summed E-state index contributed by atoms with van der Waals surface area (Å²) in [5.41, 5.74) is -0.0461. The third kappa shape index (κ3) is 7.47. The number of hydrogen-bond donors (Lipinski definition) is 3. The van der Waals surface area contributed by atoms with Crippen LogP contribution in [0.15, 0.2) is 85.5 Å². The third-order valence-electron chi connectivity index (χ3n) is 10.3. The van der Waals surface area contributed by atoms with Crippen LogP contribution in [-0.2, 0) is 25.1 Å². The van der Waals surface area contributed by atoms with Gasteiger partial charge in [0.1, 0.15) is 35.3 Å². The Labute approximate surface area is 294 Å². The van der Waals surface area contributed by atoms with E-state index in [0.717, 1.165) is 36.5 Å². The lowest BCUT2D eigenvalue weighted by Gasteiger charge is -2.36. The molecule has 3 N–H and O–H groups in total. The lowest BCUT2D eigenvalue weighted by molar-refractivity contribution is -0.142. The maximum absolute atomic E-state index is 14.5. The van der Waals surface area contributed by atoms with Gasteiger partial charge in [0, 0.05) is 17.7 Å². The highest BCUT2D eigenvalue weighted by Gasteiger charge is 2.65. The van der Waals surface area contributed by atoms with Crippen molar-refractivity contribution in [1.29, 1.82) is 0 Å². The van der Waals surface area contributed by atoms with E-state index >= 15 is 0 Å². The summed E-state index contributed by atoms with van der Waals surface area (Å²) >= 11 is 0. The number of benzene rings is 3. The second kappa shape index (κ2) is 14.2. The molecule has 1 saturated heterocycles. The van der Waals surface area contributed by atoms with Gasteiger partial charge in [-0.2, -0.15) is 0 Å². The summed E-state index contributed by atoms with van der Waals surface area (Å²) in [6.07, 6.45) is 4.03. The molecule has 11 heteroatoms. The van der Waals surface area contributed by atoms with Gasteiger partial charge in [-0.05, 0) is 54.5 Å². The standard InChI is InChI=1S/C39H48N3O7P/c1-5-28-23-39(28,50(46,47)25-26-14-7-6-8-15-26)41-35(43)32-22-30(48-33-21-13-17-27-16-9-12-20-31(27)33)24-42(32)36(44)34(38(2,3)4)40-37(45)49-29-18-10-11-19-29/h5-9,12-17,20-21,28-30,32,34H,1,10-11,18-19,22-25H2,2-4H3,(H,40,45)(H,41,43)(H,46,47)/t28-,30-,32+,34-,39+/m1/s1. The molecule has 10 nitrogen and oxygen atoms in total. The number of fused-ring (bicyclic) bond motifs is 1. The van der Waals surface area contributed by atoms with Crippen molar-refractivity contribution >= 4 is 36.0 Å². The van der Waals surface area contributed by atoms with E-state index in [2.05, 4.69) is 17.2 Å². The van der Waals surface area contributed by atoms with Crippen LogP contribution < -0.4 is 15.4 Å². The average molecular weight is 702 g/mol. The van der Waals surface area contributed by atoms with Gasteiger partial charge in [-0.1, -0.05) is 93.6 Å². The molecule has 0 bridgehead atoms. The molecule has 3 aromatic carbocycles. The van der Waals surface area contributed by atoms with E-state index in [1.165, 1.54) is 4.90 Å². The number of amides is 3. The molecule has 0 aromatic heterocycles. The van der Waals surface area contributed by atoms with Gasteiger partial charge < -0.3 is 29.9 Å². The van der Waals surface area contributed by atoms with Crippen molar-refractivity contribution in [3.63, 3.8) is 0 Å². The van der Waals surface area contributed by atoms with Crippen molar-refractivity contribution in [1.82, 2.24) is 15.5 Å². The fourth-order valence-electron chi connectivity index (χ4n) is 7.43. The number of hydrogen-bond acceptors (Lipinski definition) is 6. The van der Waals surface area contributed by atoms with Crippen LogP contribution in [0.3, 0.4) is 0 Å². The topological polar surface area (TPSA) is 134 Å². The summed E-state index contributed by atoms with van der Waals surface area (Å²) in [4.78, 5) is 54.9. The first-order chi connectivity index (χ1) is 23.8. The Morgan fingerprint density at radius 2 is 1.70 bits per heavy atom. The molecule has 2 aliphatic carbocycles. The molecule has 3 aliphatic rings. The largest absolute Gasteiger partial charge is 0.488 e. The highest BCUT2D eigenvalue weighted by atomic mass is 31.2. The summed E-state index contributed by atoms with van der Waals surface area (Å²) < 4.78 is 26.2. The molecule has 1 aliphatic heterocycles. The van der Waals surface area contributed by atoms with Crippen LogP contribution in [0.2, 0.25) is 0 Å².